The van der Waals surface area contributed by atoms with Gasteiger partial charge in [0.2, 0.25) is 0 Å². The minimum absolute atomic E-state index is 0.0618. The number of pyridine rings is 1. The van der Waals surface area contributed by atoms with Crippen molar-refractivity contribution < 1.29 is 40.6 Å². The molecule has 0 saturated heterocycles. The second-order valence-corrected chi connectivity index (χ2v) is 11.2. The minimum Gasteiger partial charge on any atom is -0.497 e. The number of halogens is 6. The molecular weight excluding hydrogens is 602 g/mol. The fourth-order valence-electron chi connectivity index (χ4n) is 6.37. The van der Waals surface area contributed by atoms with E-state index in [1.165, 1.54) is 16.6 Å². The van der Waals surface area contributed by atoms with Crippen molar-refractivity contribution >= 4 is 16.8 Å². The van der Waals surface area contributed by atoms with E-state index in [-0.39, 0.29) is 35.9 Å². The van der Waals surface area contributed by atoms with Gasteiger partial charge >= 0.3 is 12.4 Å². The highest BCUT2D eigenvalue weighted by Gasteiger charge is 2.38. The van der Waals surface area contributed by atoms with Gasteiger partial charge in [0.15, 0.2) is 0 Å². The van der Waals surface area contributed by atoms with E-state index >= 15 is 0 Å². The van der Waals surface area contributed by atoms with Crippen LogP contribution in [0.25, 0.3) is 22.0 Å². The van der Waals surface area contributed by atoms with Crippen LogP contribution >= 0.6 is 0 Å². The summed E-state index contributed by atoms with van der Waals surface area (Å²) in [7, 11) is 1.47. The van der Waals surface area contributed by atoms with Gasteiger partial charge in [-0.1, -0.05) is 37.1 Å². The molecule has 1 aromatic heterocycles. The van der Waals surface area contributed by atoms with Gasteiger partial charge in [-0.05, 0) is 60.4 Å². The molecular formula is C33H28F6N2O4. The molecule has 12 heteroatoms. The van der Waals surface area contributed by atoms with Crippen molar-refractivity contribution in [3.63, 3.8) is 0 Å². The maximum atomic E-state index is 14.7. The molecule has 1 saturated carbocycles. The highest BCUT2D eigenvalue weighted by atomic mass is 19.4. The van der Waals surface area contributed by atoms with Crippen LogP contribution in [0.2, 0.25) is 0 Å². The third kappa shape index (κ3) is 5.73. The van der Waals surface area contributed by atoms with Crippen LogP contribution in [-0.4, -0.2) is 35.1 Å². The van der Waals surface area contributed by atoms with Crippen molar-refractivity contribution in [2.24, 2.45) is 0 Å². The van der Waals surface area contributed by atoms with E-state index in [0.29, 0.717) is 52.9 Å². The Kier molecular flexibility index (Phi) is 7.78. The molecule has 6 nitrogen and oxygen atoms in total. The second-order valence-electron chi connectivity index (χ2n) is 11.2. The van der Waals surface area contributed by atoms with Crippen LogP contribution in [0.15, 0.2) is 65.5 Å². The maximum Gasteiger partial charge on any atom is 0.416 e. The summed E-state index contributed by atoms with van der Waals surface area (Å²) in [5, 5.41) is 0.535. The molecule has 4 aromatic rings. The van der Waals surface area contributed by atoms with Crippen LogP contribution in [0, 0.1) is 0 Å². The summed E-state index contributed by atoms with van der Waals surface area (Å²) in [5.41, 5.74) is -2.85. The van der Waals surface area contributed by atoms with E-state index in [1.54, 1.807) is 42.5 Å². The lowest BCUT2D eigenvalue weighted by molar-refractivity contribution is -0.143. The summed E-state index contributed by atoms with van der Waals surface area (Å²) < 4.78 is 94.9. The Morgan fingerprint density at radius 2 is 1.62 bits per heavy atom. The van der Waals surface area contributed by atoms with E-state index in [9.17, 15) is 35.9 Å². The van der Waals surface area contributed by atoms with Gasteiger partial charge in [-0.15, -0.1) is 0 Å². The molecule has 3 aromatic carbocycles. The highest BCUT2D eigenvalue weighted by Crippen LogP contribution is 2.40. The fourth-order valence-corrected chi connectivity index (χ4v) is 6.37. The highest BCUT2D eigenvalue weighted by molar-refractivity contribution is 6.10. The van der Waals surface area contributed by atoms with Crippen LogP contribution in [0.1, 0.15) is 52.7 Å². The zero-order valence-electron chi connectivity index (χ0n) is 24.1. The average Bonchev–Trinajstić information content (AvgIpc) is 3.55. The van der Waals surface area contributed by atoms with Crippen LogP contribution in [0.4, 0.5) is 26.3 Å². The molecule has 1 aliphatic heterocycles. The molecule has 1 amide bonds. The molecule has 1 aliphatic carbocycles. The third-order valence-corrected chi connectivity index (χ3v) is 8.42. The summed E-state index contributed by atoms with van der Waals surface area (Å²) in [6, 6.07) is 12.8. The lowest BCUT2D eigenvalue weighted by Gasteiger charge is -2.31. The SMILES string of the molecule is COc1cccc(-c2c(C(=O)N(Cc3cc(C(F)(F)F)cc(C(F)(F)F)c3)C3CCCC3)c(=O)n3c4c(cccc24)OCC3)c1. The van der Waals surface area contributed by atoms with Gasteiger partial charge in [-0.3, -0.25) is 9.59 Å². The summed E-state index contributed by atoms with van der Waals surface area (Å²) >= 11 is 0. The second kappa shape index (κ2) is 11.5. The molecule has 45 heavy (non-hydrogen) atoms. The van der Waals surface area contributed by atoms with Gasteiger partial charge in [-0.2, -0.15) is 26.3 Å². The number of hydrogen-bond donors (Lipinski definition) is 0. The number of amides is 1. The third-order valence-electron chi connectivity index (χ3n) is 8.42. The number of hydrogen-bond acceptors (Lipinski definition) is 4. The molecule has 0 spiro atoms. The first-order chi connectivity index (χ1) is 21.4. The monoisotopic (exact) mass is 630 g/mol. The van der Waals surface area contributed by atoms with Crippen molar-refractivity contribution in [2.75, 3.05) is 13.7 Å². The standard InChI is InChI=1S/C33H28F6N2O4/c1-44-24-9-4-6-20(16-24)27-25-10-5-11-26-29(25)40(12-13-45-26)30(42)28(27)31(43)41(23-7-2-3-8-23)18-19-14-21(32(34,35)36)17-22(15-19)33(37,38)39/h4-6,9-11,14-17,23H,2-3,7-8,12-13,18H2,1H3. The Hall–Kier alpha value is -4.48. The van der Waals surface area contributed by atoms with Gasteiger partial charge in [0.1, 0.15) is 23.7 Å². The number of para-hydroxylation sites is 1. The Labute approximate surface area is 253 Å². The lowest BCUT2D eigenvalue weighted by Crippen LogP contribution is -2.43. The molecule has 1 fully saturated rings. The first-order valence-electron chi connectivity index (χ1n) is 14.4. The van der Waals surface area contributed by atoms with Gasteiger partial charge in [0.05, 0.1) is 30.3 Å². The topological polar surface area (TPSA) is 60.8 Å². The average molecular weight is 631 g/mol. The number of alkyl halides is 6. The molecule has 0 radical (unpaired) electrons. The van der Waals surface area contributed by atoms with Gasteiger partial charge in [0.25, 0.3) is 11.5 Å². The number of nitrogens with zero attached hydrogens (tertiary/aromatic N) is 2. The molecule has 6 rings (SSSR count). The Morgan fingerprint density at radius 1 is 0.956 bits per heavy atom. The molecule has 0 bridgehead atoms. The van der Waals surface area contributed by atoms with Crippen molar-refractivity contribution in [3.8, 4) is 22.6 Å². The van der Waals surface area contributed by atoms with E-state index < -0.39 is 47.5 Å². The zero-order chi connectivity index (χ0) is 32.1. The van der Waals surface area contributed by atoms with E-state index in [2.05, 4.69) is 0 Å². The molecule has 0 unspecified atom stereocenters. The summed E-state index contributed by atoms with van der Waals surface area (Å²) in [5.74, 6) is 0.146. The first-order valence-corrected chi connectivity index (χ1v) is 14.4. The van der Waals surface area contributed by atoms with Crippen molar-refractivity contribution in [3.05, 3.63) is 93.3 Å². The maximum absolute atomic E-state index is 14.7. The number of aromatic nitrogens is 1. The van der Waals surface area contributed by atoms with Gasteiger partial charge in [0, 0.05) is 23.5 Å². The number of carbonyl (C=O) groups excluding carboxylic acids is 1. The predicted molar refractivity (Wildman–Crippen MR) is 154 cm³/mol. The van der Waals surface area contributed by atoms with E-state index in [4.69, 9.17) is 9.47 Å². The van der Waals surface area contributed by atoms with E-state index in [1.807, 2.05) is 0 Å². The predicted octanol–water partition coefficient (Wildman–Crippen LogP) is 7.69. The summed E-state index contributed by atoms with van der Waals surface area (Å²) in [4.78, 5) is 30.2. The molecule has 2 aliphatic rings. The zero-order valence-corrected chi connectivity index (χ0v) is 24.1. The van der Waals surface area contributed by atoms with Gasteiger partial charge < -0.3 is 18.9 Å². The Bertz CT molecular complexity index is 1810. The lowest BCUT2D eigenvalue weighted by atomic mass is 9.93. The molecule has 2 heterocycles. The van der Waals surface area contributed by atoms with Gasteiger partial charge in [-0.25, -0.2) is 0 Å². The smallest absolute Gasteiger partial charge is 0.416 e. The van der Waals surface area contributed by atoms with Crippen molar-refractivity contribution in [2.45, 2.75) is 57.2 Å². The number of rotatable bonds is 6. The molecule has 0 N–H and O–H groups in total. The van der Waals surface area contributed by atoms with Crippen LogP contribution < -0.4 is 15.0 Å². The Balaban J connectivity index is 1.57. The number of methoxy groups -OCH3 is 1. The molecule has 236 valence electrons. The van der Waals surface area contributed by atoms with Crippen molar-refractivity contribution in [1.82, 2.24) is 9.47 Å². The summed E-state index contributed by atoms with van der Waals surface area (Å²) in [6.45, 7) is -0.222. The molecule has 0 atom stereocenters. The first kappa shape index (κ1) is 30.5. The Morgan fingerprint density at radius 3 is 2.27 bits per heavy atom. The number of benzene rings is 3. The largest absolute Gasteiger partial charge is 0.497 e. The quantitative estimate of drug-likeness (QED) is 0.205. The summed E-state index contributed by atoms with van der Waals surface area (Å²) in [6.07, 6.45) is -7.67. The number of ether oxygens (including phenoxy) is 2. The van der Waals surface area contributed by atoms with E-state index in [0.717, 1.165) is 12.8 Å². The minimum atomic E-state index is -5.04. The normalized spacial score (nSPS) is 15.3. The fraction of sp³-hybridized carbons (Fsp3) is 0.333. The van der Waals surface area contributed by atoms with Crippen molar-refractivity contribution in [1.29, 1.82) is 0 Å². The number of carbonyl (C=O) groups is 1. The van der Waals surface area contributed by atoms with Crippen LogP contribution in [0.5, 0.6) is 11.5 Å². The van der Waals surface area contributed by atoms with Crippen LogP contribution in [0.3, 0.4) is 0 Å². The van der Waals surface area contributed by atoms with Crippen LogP contribution in [-0.2, 0) is 25.4 Å².